The van der Waals surface area contributed by atoms with Crippen LogP contribution in [0.5, 0.6) is 5.75 Å². The summed E-state index contributed by atoms with van der Waals surface area (Å²) in [6, 6.07) is 9.10. The average Bonchev–Trinajstić information content (AvgIpc) is 2.42. The van der Waals surface area contributed by atoms with Gasteiger partial charge in [0.25, 0.3) is 0 Å². The molecule has 1 aromatic carbocycles. The zero-order valence-corrected chi connectivity index (χ0v) is 12.3. The highest BCUT2D eigenvalue weighted by molar-refractivity contribution is 5.32. The summed E-state index contributed by atoms with van der Waals surface area (Å²) < 4.78 is 10.4. The third-order valence-corrected chi connectivity index (χ3v) is 4.02. The van der Waals surface area contributed by atoms with Crippen molar-refractivity contribution in [1.29, 1.82) is 0 Å². The highest BCUT2D eigenvalue weighted by Crippen LogP contribution is 2.38. The van der Waals surface area contributed by atoms with E-state index in [1.807, 2.05) is 6.07 Å². The number of aliphatic hydroxyl groups is 1. The van der Waals surface area contributed by atoms with Crippen LogP contribution < -0.4 is 10.1 Å². The van der Waals surface area contributed by atoms with Gasteiger partial charge in [-0.3, -0.25) is 0 Å². The molecule has 1 aromatic rings. The van der Waals surface area contributed by atoms with E-state index in [2.05, 4.69) is 23.5 Å². The lowest BCUT2D eigenvalue weighted by Crippen LogP contribution is -2.47. The number of benzene rings is 1. The summed E-state index contributed by atoms with van der Waals surface area (Å²) in [5.41, 5.74) is 1.35. The molecule has 0 bridgehead atoms. The van der Waals surface area contributed by atoms with Gasteiger partial charge in [-0.15, -0.1) is 0 Å². The Morgan fingerprint density at radius 3 is 2.80 bits per heavy atom. The van der Waals surface area contributed by atoms with Crippen molar-refractivity contribution < 1.29 is 14.6 Å². The molecule has 0 heterocycles. The first-order chi connectivity index (χ1) is 9.76. The number of aliphatic hydroxyl groups excluding tert-OH is 1. The van der Waals surface area contributed by atoms with Crippen molar-refractivity contribution in [2.45, 2.75) is 37.3 Å². The number of ether oxygens (including phenoxy) is 2. The maximum atomic E-state index is 9.05. The largest absolute Gasteiger partial charge is 0.497 e. The standard InChI is InChI=1S/C16H25NO3/c1-19-11-14(6-7-18)17-15-8-13(9-15)12-4-3-5-16(10-12)20-2/h3-5,10,13-15,17-18H,6-9,11H2,1-2H3. The molecule has 2 N–H and O–H groups in total. The van der Waals surface area contributed by atoms with Gasteiger partial charge in [0.15, 0.2) is 0 Å². The van der Waals surface area contributed by atoms with E-state index in [0.29, 0.717) is 18.6 Å². The second-order valence-electron chi connectivity index (χ2n) is 5.47. The van der Waals surface area contributed by atoms with Crippen LogP contribution in [0.4, 0.5) is 0 Å². The predicted octanol–water partition coefficient (Wildman–Crippen LogP) is 1.93. The topological polar surface area (TPSA) is 50.7 Å². The van der Waals surface area contributed by atoms with Crippen LogP contribution in [0.15, 0.2) is 24.3 Å². The van der Waals surface area contributed by atoms with Gasteiger partial charge in [0, 0.05) is 25.8 Å². The fourth-order valence-electron chi connectivity index (χ4n) is 2.83. The van der Waals surface area contributed by atoms with Gasteiger partial charge in [0.1, 0.15) is 5.75 Å². The van der Waals surface area contributed by atoms with E-state index in [9.17, 15) is 0 Å². The van der Waals surface area contributed by atoms with E-state index >= 15 is 0 Å². The van der Waals surface area contributed by atoms with Crippen molar-refractivity contribution >= 4 is 0 Å². The van der Waals surface area contributed by atoms with Crippen LogP contribution in [-0.4, -0.2) is 44.6 Å². The summed E-state index contributed by atoms with van der Waals surface area (Å²) >= 11 is 0. The maximum absolute atomic E-state index is 9.05. The molecular formula is C16H25NO3. The van der Waals surface area contributed by atoms with Crippen LogP contribution in [0.25, 0.3) is 0 Å². The molecule has 1 aliphatic carbocycles. The molecule has 1 atom stereocenters. The molecule has 1 fully saturated rings. The predicted molar refractivity (Wildman–Crippen MR) is 79.3 cm³/mol. The summed E-state index contributed by atoms with van der Waals surface area (Å²) in [6.45, 7) is 0.855. The Morgan fingerprint density at radius 2 is 2.15 bits per heavy atom. The SMILES string of the molecule is COCC(CCO)NC1CC(c2cccc(OC)c2)C1. The van der Waals surface area contributed by atoms with Gasteiger partial charge in [-0.2, -0.15) is 0 Å². The molecule has 1 aliphatic rings. The normalized spacial score (nSPS) is 23.1. The molecule has 0 aliphatic heterocycles. The zero-order valence-electron chi connectivity index (χ0n) is 12.3. The lowest BCUT2D eigenvalue weighted by molar-refractivity contribution is 0.129. The minimum atomic E-state index is 0.201. The van der Waals surface area contributed by atoms with Gasteiger partial charge in [0.05, 0.1) is 13.7 Å². The van der Waals surface area contributed by atoms with Gasteiger partial charge < -0.3 is 19.9 Å². The van der Waals surface area contributed by atoms with Gasteiger partial charge >= 0.3 is 0 Å². The smallest absolute Gasteiger partial charge is 0.119 e. The molecule has 2 rings (SSSR count). The highest BCUT2D eigenvalue weighted by Gasteiger charge is 2.31. The minimum Gasteiger partial charge on any atom is -0.497 e. The molecule has 0 aromatic heterocycles. The third-order valence-electron chi connectivity index (χ3n) is 4.02. The maximum Gasteiger partial charge on any atom is 0.119 e. The molecule has 0 radical (unpaired) electrons. The Kier molecular flexibility index (Phi) is 5.83. The Bertz CT molecular complexity index is 398. The number of rotatable bonds is 8. The second kappa shape index (κ2) is 7.62. The Morgan fingerprint density at radius 1 is 1.35 bits per heavy atom. The van der Waals surface area contributed by atoms with E-state index < -0.39 is 0 Å². The fraction of sp³-hybridized carbons (Fsp3) is 0.625. The number of hydrogen-bond acceptors (Lipinski definition) is 4. The van der Waals surface area contributed by atoms with Crippen molar-refractivity contribution in [3.63, 3.8) is 0 Å². The summed E-state index contributed by atoms with van der Waals surface area (Å²) in [5, 5.41) is 12.6. The number of hydrogen-bond donors (Lipinski definition) is 2. The summed E-state index contributed by atoms with van der Waals surface area (Å²) in [7, 11) is 3.40. The Balaban J connectivity index is 1.81. The van der Waals surface area contributed by atoms with Crippen LogP contribution in [0.1, 0.15) is 30.7 Å². The van der Waals surface area contributed by atoms with E-state index in [0.717, 1.165) is 25.0 Å². The number of nitrogens with one attached hydrogen (secondary N) is 1. The van der Waals surface area contributed by atoms with Gasteiger partial charge in [-0.25, -0.2) is 0 Å². The molecule has 0 spiro atoms. The van der Waals surface area contributed by atoms with E-state index in [-0.39, 0.29) is 12.6 Å². The lowest BCUT2D eigenvalue weighted by atomic mass is 9.75. The first-order valence-electron chi connectivity index (χ1n) is 7.26. The summed E-state index contributed by atoms with van der Waals surface area (Å²) in [6.07, 6.45) is 3.02. The second-order valence-corrected chi connectivity index (χ2v) is 5.47. The van der Waals surface area contributed by atoms with Crippen LogP contribution in [-0.2, 0) is 4.74 Å². The van der Waals surface area contributed by atoms with Crippen molar-refractivity contribution in [3.8, 4) is 5.75 Å². The summed E-state index contributed by atoms with van der Waals surface area (Å²) in [4.78, 5) is 0. The number of methoxy groups -OCH3 is 2. The van der Waals surface area contributed by atoms with Crippen molar-refractivity contribution in [2.75, 3.05) is 27.4 Å². The van der Waals surface area contributed by atoms with E-state index in [1.54, 1.807) is 14.2 Å². The zero-order chi connectivity index (χ0) is 14.4. The molecule has 20 heavy (non-hydrogen) atoms. The van der Waals surface area contributed by atoms with Gasteiger partial charge in [-0.1, -0.05) is 12.1 Å². The Hall–Kier alpha value is -1.10. The molecule has 1 unspecified atom stereocenters. The third kappa shape index (κ3) is 3.95. The molecular weight excluding hydrogens is 254 g/mol. The van der Waals surface area contributed by atoms with Crippen LogP contribution in [0.3, 0.4) is 0 Å². The highest BCUT2D eigenvalue weighted by atomic mass is 16.5. The van der Waals surface area contributed by atoms with Crippen LogP contribution in [0.2, 0.25) is 0 Å². The molecule has 0 saturated heterocycles. The quantitative estimate of drug-likeness (QED) is 0.763. The first kappa shape index (κ1) is 15.3. The van der Waals surface area contributed by atoms with Crippen LogP contribution >= 0.6 is 0 Å². The van der Waals surface area contributed by atoms with E-state index in [1.165, 1.54) is 5.56 Å². The molecule has 112 valence electrons. The van der Waals surface area contributed by atoms with Crippen molar-refractivity contribution in [2.24, 2.45) is 0 Å². The fourth-order valence-corrected chi connectivity index (χ4v) is 2.83. The molecule has 4 heteroatoms. The molecule has 0 amide bonds. The Labute approximate surface area is 121 Å². The van der Waals surface area contributed by atoms with E-state index in [4.69, 9.17) is 14.6 Å². The van der Waals surface area contributed by atoms with Gasteiger partial charge in [0.2, 0.25) is 0 Å². The van der Waals surface area contributed by atoms with Crippen molar-refractivity contribution in [1.82, 2.24) is 5.32 Å². The first-order valence-corrected chi connectivity index (χ1v) is 7.26. The minimum absolute atomic E-state index is 0.201. The van der Waals surface area contributed by atoms with Crippen LogP contribution in [0, 0.1) is 0 Å². The monoisotopic (exact) mass is 279 g/mol. The average molecular weight is 279 g/mol. The van der Waals surface area contributed by atoms with Gasteiger partial charge in [-0.05, 0) is 42.9 Å². The van der Waals surface area contributed by atoms with Crippen molar-refractivity contribution in [3.05, 3.63) is 29.8 Å². The molecule has 1 saturated carbocycles. The lowest BCUT2D eigenvalue weighted by Gasteiger charge is -2.38. The summed E-state index contributed by atoms with van der Waals surface area (Å²) in [5.74, 6) is 1.54. The molecule has 4 nitrogen and oxygen atoms in total.